The molecule has 1 aromatic carbocycles. The van der Waals surface area contributed by atoms with Crippen LogP contribution < -0.4 is 5.73 Å². The van der Waals surface area contributed by atoms with E-state index in [9.17, 15) is 13.2 Å². The van der Waals surface area contributed by atoms with Crippen LogP contribution in [0.15, 0.2) is 18.2 Å². The minimum atomic E-state index is -6.09. The van der Waals surface area contributed by atoms with Crippen molar-refractivity contribution in [1.29, 1.82) is 0 Å². The zero-order chi connectivity index (χ0) is 13.9. The zero-order valence-electron chi connectivity index (χ0n) is 7.96. The zero-order valence-corrected chi connectivity index (χ0v) is 10.3. The van der Waals surface area contributed by atoms with Gasteiger partial charge in [0.05, 0.1) is 0 Å². The Morgan fingerprint density at radius 2 is 1.47 bits per heavy atom. The molecule has 0 spiro atoms. The Morgan fingerprint density at radius 3 is 1.65 bits per heavy atom. The van der Waals surface area contributed by atoms with Gasteiger partial charge in [0.25, 0.3) is 0 Å². The average molecular weight is 312 g/mol. The standard InChI is InChI=1S/C6H5Cl2N.CHF3O3S/c7-4-2-1-3-5(8)6(4)9;2-1(3,4)8(5,6)7/h1-3H,9H2;(H,5,6,7). The van der Waals surface area contributed by atoms with Crippen molar-refractivity contribution in [2.75, 3.05) is 0 Å². The van der Waals surface area contributed by atoms with Gasteiger partial charge in [-0.25, -0.2) is 8.42 Å². The van der Waals surface area contributed by atoms with Crippen LogP contribution in [0, 0.1) is 0 Å². The molecule has 0 heterocycles. The molecule has 0 aliphatic heterocycles. The van der Waals surface area contributed by atoms with E-state index in [0.717, 1.165) is 0 Å². The van der Waals surface area contributed by atoms with Gasteiger partial charge in [-0.2, -0.15) is 13.2 Å². The van der Waals surface area contributed by atoms with Crippen molar-refractivity contribution in [2.24, 2.45) is 0 Å². The molecule has 0 radical (unpaired) electrons. The number of hydrogen-bond donors (Lipinski definition) is 1. The van der Waals surface area contributed by atoms with Crippen LogP contribution in [-0.4, -0.2) is 18.5 Å². The molecule has 0 bridgehead atoms. The first kappa shape index (κ1) is 16.5. The molecule has 4 nitrogen and oxygen atoms in total. The predicted octanol–water partition coefficient (Wildman–Crippen LogP) is 1.92. The van der Waals surface area contributed by atoms with Crippen LogP contribution >= 0.6 is 23.2 Å². The largest absolute Gasteiger partial charge is 0.741 e. The first-order valence-electron chi connectivity index (χ1n) is 3.75. The number of benzene rings is 1. The number of quaternary nitrogens is 1. The van der Waals surface area contributed by atoms with Gasteiger partial charge in [0.15, 0.2) is 15.8 Å². The van der Waals surface area contributed by atoms with E-state index in [0.29, 0.717) is 15.7 Å². The lowest BCUT2D eigenvalue weighted by Crippen LogP contribution is -2.40. The maximum absolute atomic E-state index is 10.7. The van der Waals surface area contributed by atoms with Gasteiger partial charge in [-0.3, -0.25) is 0 Å². The summed E-state index contributed by atoms with van der Waals surface area (Å²) in [6.45, 7) is 0. The van der Waals surface area contributed by atoms with Gasteiger partial charge < -0.3 is 10.3 Å². The third-order valence-corrected chi connectivity index (χ3v) is 2.62. The maximum Gasteiger partial charge on any atom is 0.485 e. The fraction of sp³-hybridized carbons (Fsp3) is 0.143. The molecule has 0 aromatic heterocycles. The highest BCUT2D eigenvalue weighted by Gasteiger charge is 2.36. The highest BCUT2D eigenvalue weighted by atomic mass is 35.5. The van der Waals surface area contributed by atoms with Gasteiger partial charge >= 0.3 is 5.51 Å². The fourth-order valence-electron chi connectivity index (χ4n) is 0.532. The van der Waals surface area contributed by atoms with E-state index in [-0.39, 0.29) is 0 Å². The third-order valence-electron chi connectivity index (χ3n) is 1.35. The minimum absolute atomic E-state index is 0.613. The molecule has 0 saturated carbocycles. The van der Waals surface area contributed by atoms with Crippen molar-refractivity contribution in [1.82, 2.24) is 0 Å². The van der Waals surface area contributed by atoms with Gasteiger partial charge in [-0.05, 0) is 12.1 Å². The van der Waals surface area contributed by atoms with Crippen molar-refractivity contribution < 1.29 is 31.9 Å². The first-order valence-corrected chi connectivity index (χ1v) is 5.91. The first-order chi connectivity index (χ1) is 7.47. The van der Waals surface area contributed by atoms with E-state index in [1.54, 1.807) is 18.2 Å². The third kappa shape index (κ3) is 5.55. The Hall–Kier alpha value is -0.540. The Labute approximate surface area is 105 Å². The molecule has 0 aliphatic rings. The van der Waals surface area contributed by atoms with Gasteiger partial charge in [-0.15, -0.1) is 0 Å². The summed E-state index contributed by atoms with van der Waals surface area (Å²) in [4.78, 5) is 0. The normalized spacial score (nSPS) is 11.7. The second kappa shape index (κ2) is 5.87. The monoisotopic (exact) mass is 311 g/mol. The van der Waals surface area contributed by atoms with Crippen LogP contribution in [0.4, 0.5) is 18.9 Å². The molecule has 0 aliphatic carbocycles. The van der Waals surface area contributed by atoms with E-state index < -0.39 is 15.6 Å². The summed E-state index contributed by atoms with van der Waals surface area (Å²) in [6.07, 6.45) is 0. The fourth-order valence-corrected chi connectivity index (χ4v) is 0.930. The van der Waals surface area contributed by atoms with Crippen LogP contribution in [-0.2, 0) is 10.1 Å². The molecule has 0 atom stereocenters. The van der Waals surface area contributed by atoms with Gasteiger partial charge in [0, 0.05) is 0 Å². The Kier molecular flexibility index (Phi) is 5.69. The number of halogens is 5. The summed E-state index contributed by atoms with van der Waals surface area (Å²) in [5.74, 6) is 0. The molecule has 0 unspecified atom stereocenters. The number of rotatable bonds is 0. The van der Waals surface area contributed by atoms with Crippen molar-refractivity contribution in [3.63, 3.8) is 0 Å². The molecule has 17 heavy (non-hydrogen) atoms. The van der Waals surface area contributed by atoms with Gasteiger partial charge in [-0.1, -0.05) is 29.3 Å². The summed E-state index contributed by atoms with van der Waals surface area (Å²) in [7, 11) is -6.09. The minimum Gasteiger partial charge on any atom is -0.741 e. The summed E-state index contributed by atoms with van der Waals surface area (Å²) >= 11 is 11.3. The van der Waals surface area contributed by atoms with E-state index >= 15 is 0 Å². The van der Waals surface area contributed by atoms with E-state index in [1.807, 2.05) is 0 Å². The van der Waals surface area contributed by atoms with E-state index in [4.69, 9.17) is 36.2 Å². The summed E-state index contributed by atoms with van der Waals surface area (Å²) in [5, 5.41) is 1.23. The lowest BCUT2D eigenvalue weighted by molar-refractivity contribution is -0.254. The summed E-state index contributed by atoms with van der Waals surface area (Å²) in [6, 6.07) is 5.31. The number of hydrogen-bond acceptors (Lipinski definition) is 3. The summed E-state index contributed by atoms with van der Waals surface area (Å²) < 4.78 is 58.9. The van der Waals surface area contributed by atoms with E-state index in [1.165, 1.54) is 0 Å². The van der Waals surface area contributed by atoms with Crippen molar-refractivity contribution in [3.05, 3.63) is 28.2 Å². The second-order valence-electron chi connectivity index (χ2n) is 2.60. The molecule has 1 rings (SSSR count). The molecule has 0 amide bonds. The van der Waals surface area contributed by atoms with Crippen LogP contribution in [0.5, 0.6) is 0 Å². The molecule has 3 N–H and O–H groups in total. The molecule has 0 fully saturated rings. The molecule has 10 heteroatoms. The SMILES string of the molecule is O=S(=O)([O-])C(F)(F)F.[NH3+]c1c(Cl)cccc1Cl. The predicted molar refractivity (Wildman–Crippen MR) is 54.8 cm³/mol. The van der Waals surface area contributed by atoms with Crippen LogP contribution in [0.1, 0.15) is 0 Å². The smallest absolute Gasteiger partial charge is 0.485 e. The highest BCUT2D eigenvalue weighted by molar-refractivity contribution is 7.86. The Morgan fingerprint density at radius 1 is 1.18 bits per heavy atom. The maximum atomic E-state index is 10.7. The molecule has 0 saturated heterocycles. The lowest BCUT2D eigenvalue weighted by atomic mass is 10.3. The quantitative estimate of drug-likeness (QED) is 0.586. The van der Waals surface area contributed by atoms with Crippen LogP contribution in [0.2, 0.25) is 10.0 Å². The lowest BCUT2D eigenvalue weighted by Gasteiger charge is -2.08. The van der Waals surface area contributed by atoms with Crippen molar-refractivity contribution in [3.8, 4) is 0 Å². The van der Waals surface area contributed by atoms with Crippen molar-refractivity contribution >= 4 is 39.0 Å². The second-order valence-corrected chi connectivity index (χ2v) is 4.79. The molecular weight excluding hydrogens is 306 g/mol. The topological polar surface area (TPSA) is 84.8 Å². The number of alkyl halides is 3. The van der Waals surface area contributed by atoms with Crippen LogP contribution in [0.3, 0.4) is 0 Å². The van der Waals surface area contributed by atoms with Gasteiger partial charge in [0.2, 0.25) is 0 Å². The van der Waals surface area contributed by atoms with Crippen LogP contribution in [0.25, 0.3) is 0 Å². The van der Waals surface area contributed by atoms with E-state index in [2.05, 4.69) is 5.73 Å². The molecule has 98 valence electrons. The van der Waals surface area contributed by atoms with Crippen molar-refractivity contribution in [2.45, 2.75) is 5.51 Å². The highest BCUT2D eigenvalue weighted by Crippen LogP contribution is 2.24. The summed E-state index contributed by atoms with van der Waals surface area (Å²) in [5.41, 5.74) is -1.29. The average Bonchev–Trinajstić information content (AvgIpc) is 2.12. The Balaban J connectivity index is 0.000000304. The Bertz CT molecular complexity index is 469. The van der Waals surface area contributed by atoms with Gasteiger partial charge in [0.1, 0.15) is 10.0 Å². The molecular formula is C7H6Cl2F3NO3S. The molecule has 1 aromatic rings.